The Balaban J connectivity index is 2.33. The molecule has 5 heteroatoms. The van der Waals surface area contributed by atoms with Crippen molar-refractivity contribution >= 4 is 5.82 Å². The van der Waals surface area contributed by atoms with Crippen LogP contribution >= 0.6 is 0 Å². The number of aliphatic hydroxyl groups excluding tert-OH is 1. The van der Waals surface area contributed by atoms with E-state index in [4.69, 9.17) is 15.6 Å². The molecule has 2 rings (SSSR count). The number of aliphatic hydroxyl groups is 1. The van der Waals surface area contributed by atoms with Gasteiger partial charge in [0, 0.05) is 18.7 Å². The van der Waals surface area contributed by atoms with Crippen LogP contribution in [-0.2, 0) is 12.8 Å². The molecule has 0 bridgehead atoms. The number of ether oxygens (including phenoxy) is 1. The zero-order valence-electron chi connectivity index (χ0n) is 15.5. The van der Waals surface area contributed by atoms with E-state index in [2.05, 4.69) is 35.9 Å². The molecule has 2 aromatic rings. The smallest absolute Gasteiger partial charge is 0.128 e. The first-order chi connectivity index (χ1) is 12.1. The highest BCUT2D eigenvalue weighted by Crippen LogP contribution is 2.32. The van der Waals surface area contributed by atoms with Crippen LogP contribution in [0, 0.1) is 0 Å². The van der Waals surface area contributed by atoms with E-state index in [0.717, 1.165) is 42.9 Å². The van der Waals surface area contributed by atoms with Gasteiger partial charge in [0.05, 0.1) is 19.4 Å². The molecule has 1 aromatic heterocycles. The van der Waals surface area contributed by atoms with E-state index >= 15 is 0 Å². The minimum atomic E-state index is 0.192. The van der Waals surface area contributed by atoms with E-state index in [1.165, 1.54) is 11.1 Å². The predicted octanol–water partition coefficient (Wildman–Crippen LogP) is 2.76. The quantitative estimate of drug-likeness (QED) is 0.732. The maximum atomic E-state index is 9.15. The van der Waals surface area contributed by atoms with Gasteiger partial charge in [0.1, 0.15) is 11.6 Å². The molecule has 0 atom stereocenters. The number of rotatable bonds is 9. The van der Waals surface area contributed by atoms with Gasteiger partial charge >= 0.3 is 0 Å². The molecule has 0 saturated carbocycles. The van der Waals surface area contributed by atoms with Crippen molar-refractivity contribution in [2.24, 2.45) is 0 Å². The largest absolute Gasteiger partial charge is 0.496 e. The minimum absolute atomic E-state index is 0.192. The molecule has 0 aliphatic heterocycles. The highest BCUT2D eigenvalue weighted by atomic mass is 16.5. The second-order valence-electron chi connectivity index (χ2n) is 6.03. The van der Waals surface area contributed by atoms with Crippen LogP contribution in [0.1, 0.15) is 25.0 Å². The summed E-state index contributed by atoms with van der Waals surface area (Å²) in [5.74, 6) is 1.32. The molecule has 1 heterocycles. The lowest BCUT2D eigenvalue weighted by atomic mass is 9.96. The Morgan fingerprint density at radius 1 is 1.16 bits per heavy atom. The summed E-state index contributed by atoms with van der Waals surface area (Å²) in [6, 6.07) is 9.92. The summed E-state index contributed by atoms with van der Waals surface area (Å²) < 4.78 is 5.63. The second kappa shape index (κ2) is 9.39. The molecule has 25 heavy (non-hydrogen) atoms. The third-order valence-electron chi connectivity index (χ3n) is 4.51. The summed E-state index contributed by atoms with van der Waals surface area (Å²) in [7, 11) is 1.69. The van der Waals surface area contributed by atoms with Crippen molar-refractivity contribution in [1.82, 2.24) is 9.88 Å². The number of pyridine rings is 1. The number of hydrogen-bond donors (Lipinski definition) is 2. The van der Waals surface area contributed by atoms with Gasteiger partial charge in [-0.2, -0.15) is 0 Å². The summed E-state index contributed by atoms with van der Waals surface area (Å²) in [5, 5.41) is 9.15. The third kappa shape index (κ3) is 4.94. The molecule has 0 saturated heterocycles. The van der Waals surface area contributed by atoms with Crippen LogP contribution in [0.4, 0.5) is 5.82 Å². The number of nitrogens with zero attached hydrogens (tertiary/aromatic N) is 2. The molecule has 0 radical (unpaired) electrons. The highest BCUT2D eigenvalue weighted by Gasteiger charge is 2.13. The van der Waals surface area contributed by atoms with Crippen LogP contribution in [0.25, 0.3) is 11.3 Å². The zero-order valence-corrected chi connectivity index (χ0v) is 15.5. The van der Waals surface area contributed by atoms with Crippen LogP contribution in [-0.4, -0.2) is 48.3 Å². The van der Waals surface area contributed by atoms with Crippen molar-refractivity contribution in [3.8, 4) is 17.0 Å². The summed E-state index contributed by atoms with van der Waals surface area (Å²) in [6.45, 7) is 7.03. The van der Waals surface area contributed by atoms with E-state index in [9.17, 15) is 0 Å². The van der Waals surface area contributed by atoms with Gasteiger partial charge in [-0.1, -0.05) is 19.9 Å². The standard InChI is InChI=1S/C20H29N3O2/c1-4-15-13-17(18-7-6-8-20(21)22-18)19(25-3)14-16(15)9-10-23(5-2)11-12-24/h6-8,13-14,24H,4-5,9-12H2,1-3H3,(H2,21,22). The number of aryl methyl sites for hydroxylation is 1. The minimum Gasteiger partial charge on any atom is -0.496 e. The molecule has 1 aromatic carbocycles. The average molecular weight is 343 g/mol. The third-order valence-corrected chi connectivity index (χ3v) is 4.51. The SMILES string of the molecule is CCc1cc(-c2cccc(N)n2)c(OC)cc1CCN(CC)CCO. The lowest BCUT2D eigenvalue weighted by Gasteiger charge is -2.21. The fraction of sp³-hybridized carbons (Fsp3) is 0.450. The zero-order chi connectivity index (χ0) is 18.2. The molecule has 0 aliphatic rings. The van der Waals surface area contributed by atoms with Crippen LogP contribution in [0.15, 0.2) is 30.3 Å². The topological polar surface area (TPSA) is 71.6 Å². The van der Waals surface area contributed by atoms with E-state index in [0.29, 0.717) is 12.4 Å². The summed E-state index contributed by atoms with van der Waals surface area (Å²) >= 11 is 0. The summed E-state index contributed by atoms with van der Waals surface area (Å²) in [6.07, 6.45) is 1.87. The molecule has 0 fully saturated rings. The molecule has 0 spiro atoms. The number of aromatic nitrogens is 1. The lowest BCUT2D eigenvalue weighted by molar-refractivity contribution is 0.203. The Morgan fingerprint density at radius 3 is 2.56 bits per heavy atom. The molecule has 0 aliphatic carbocycles. The Labute approximate surface area is 150 Å². The molecule has 3 N–H and O–H groups in total. The first-order valence-corrected chi connectivity index (χ1v) is 8.88. The fourth-order valence-electron chi connectivity index (χ4n) is 3.05. The number of likely N-dealkylation sites (N-methyl/N-ethyl adjacent to an activating group) is 1. The van der Waals surface area contributed by atoms with E-state index in [-0.39, 0.29) is 6.61 Å². The molecular formula is C20H29N3O2. The van der Waals surface area contributed by atoms with Crippen LogP contribution in [0.3, 0.4) is 0 Å². The van der Waals surface area contributed by atoms with Gasteiger partial charge in [0.2, 0.25) is 0 Å². The summed E-state index contributed by atoms with van der Waals surface area (Å²) in [5.41, 5.74) is 10.2. The monoisotopic (exact) mass is 343 g/mol. The maximum Gasteiger partial charge on any atom is 0.128 e. The summed E-state index contributed by atoms with van der Waals surface area (Å²) in [4.78, 5) is 6.68. The van der Waals surface area contributed by atoms with Gasteiger partial charge in [-0.25, -0.2) is 4.98 Å². The van der Waals surface area contributed by atoms with E-state index in [1.54, 1.807) is 13.2 Å². The van der Waals surface area contributed by atoms with Crippen molar-refractivity contribution in [3.05, 3.63) is 41.5 Å². The predicted molar refractivity (Wildman–Crippen MR) is 103 cm³/mol. The maximum absolute atomic E-state index is 9.15. The number of nitrogens with two attached hydrogens (primary N) is 1. The van der Waals surface area contributed by atoms with Crippen LogP contribution in [0.2, 0.25) is 0 Å². The van der Waals surface area contributed by atoms with Gasteiger partial charge in [-0.05, 0) is 54.8 Å². The van der Waals surface area contributed by atoms with Gasteiger partial charge in [-0.3, -0.25) is 0 Å². The van der Waals surface area contributed by atoms with Crippen LogP contribution in [0.5, 0.6) is 5.75 Å². The lowest BCUT2D eigenvalue weighted by Crippen LogP contribution is -2.29. The fourth-order valence-corrected chi connectivity index (χ4v) is 3.05. The number of nitrogen functional groups attached to an aromatic ring is 1. The van der Waals surface area contributed by atoms with Crippen molar-refractivity contribution in [1.29, 1.82) is 0 Å². The van der Waals surface area contributed by atoms with Gasteiger partial charge in [0.15, 0.2) is 0 Å². The van der Waals surface area contributed by atoms with E-state index in [1.807, 2.05) is 12.1 Å². The molecule has 0 unspecified atom stereocenters. The number of methoxy groups -OCH3 is 1. The average Bonchev–Trinajstić information content (AvgIpc) is 2.64. The van der Waals surface area contributed by atoms with Crippen molar-refractivity contribution in [3.63, 3.8) is 0 Å². The van der Waals surface area contributed by atoms with Crippen molar-refractivity contribution in [2.45, 2.75) is 26.7 Å². The van der Waals surface area contributed by atoms with Gasteiger partial charge in [0.25, 0.3) is 0 Å². The van der Waals surface area contributed by atoms with Gasteiger partial charge < -0.3 is 20.5 Å². The Morgan fingerprint density at radius 2 is 1.96 bits per heavy atom. The molecule has 5 nitrogen and oxygen atoms in total. The molecule has 0 amide bonds. The van der Waals surface area contributed by atoms with Crippen molar-refractivity contribution < 1.29 is 9.84 Å². The number of benzene rings is 1. The normalized spacial score (nSPS) is 11.1. The van der Waals surface area contributed by atoms with Gasteiger partial charge in [-0.15, -0.1) is 0 Å². The Kier molecular flexibility index (Phi) is 7.22. The number of hydrogen-bond acceptors (Lipinski definition) is 5. The Hall–Kier alpha value is -2.11. The van der Waals surface area contributed by atoms with Crippen LogP contribution < -0.4 is 10.5 Å². The van der Waals surface area contributed by atoms with E-state index < -0.39 is 0 Å². The number of anilines is 1. The molecular weight excluding hydrogens is 314 g/mol. The highest BCUT2D eigenvalue weighted by molar-refractivity contribution is 5.70. The molecule has 136 valence electrons. The second-order valence-corrected chi connectivity index (χ2v) is 6.03. The Bertz CT molecular complexity index is 689. The van der Waals surface area contributed by atoms with Crippen molar-refractivity contribution in [2.75, 3.05) is 39.1 Å². The first-order valence-electron chi connectivity index (χ1n) is 8.88. The first kappa shape index (κ1) is 19.2.